The highest BCUT2D eigenvalue weighted by Crippen LogP contribution is 2.33. The van der Waals surface area contributed by atoms with E-state index in [1.807, 2.05) is 30.3 Å². The zero-order valence-electron chi connectivity index (χ0n) is 16.4. The molecule has 0 bridgehead atoms. The number of hydrogen-bond donors (Lipinski definition) is 1. The first-order chi connectivity index (χ1) is 13.9. The van der Waals surface area contributed by atoms with Crippen LogP contribution in [0.1, 0.15) is 41.9 Å². The predicted molar refractivity (Wildman–Crippen MR) is 109 cm³/mol. The van der Waals surface area contributed by atoms with E-state index in [2.05, 4.69) is 12.2 Å². The number of nitrogens with zero attached hydrogens (tertiary/aromatic N) is 1. The van der Waals surface area contributed by atoms with Gasteiger partial charge in [0, 0.05) is 10.9 Å². The summed E-state index contributed by atoms with van der Waals surface area (Å²) in [7, 11) is 0. The Hall–Kier alpha value is -3.41. The Labute approximate surface area is 168 Å². The molecule has 3 aromatic rings. The molecular formula is C23H22N2O4. The standard InChI is InChI=1S/C23H22N2O4/c1-3-6-15-9-11-16(12-10-15)18(26)14-25-21(27)23(2,24-22(25)28)20-13-17-7-4-5-8-19(17)29-20/h4-5,7-13H,3,6,14H2,1-2H3,(H,24,28). The first-order valence-corrected chi connectivity index (χ1v) is 9.67. The fourth-order valence-corrected chi connectivity index (χ4v) is 3.62. The lowest BCUT2D eigenvalue weighted by Gasteiger charge is -2.18. The molecule has 6 nitrogen and oxygen atoms in total. The number of para-hydroxylation sites is 1. The van der Waals surface area contributed by atoms with Crippen molar-refractivity contribution >= 4 is 28.7 Å². The van der Waals surface area contributed by atoms with Crippen LogP contribution in [0.15, 0.2) is 59.0 Å². The second-order valence-corrected chi connectivity index (χ2v) is 7.47. The van der Waals surface area contributed by atoms with Crippen molar-refractivity contribution < 1.29 is 18.8 Å². The molecular weight excluding hydrogens is 368 g/mol. The van der Waals surface area contributed by atoms with Crippen molar-refractivity contribution in [3.63, 3.8) is 0 Å². The molecule has 1 aliphatic rings. The van der Waals surface area contributed by atoms with Crippen LogP contribution in [0.5, 0.6) is 0 Å². The number of carbonyl (C=O) groups excluding carboxylic acids is 3. The maximum Gasteiger partial charge on any atom is 0.325 e. The summed E-state index contributed by atoms with van der Waals surface area (Å²) < 4.78 is 5.80. The Morgan fingerprint density at radius 2 is 1.83 bits per heavy atom. The Bertz CT molecular complexity index is 1070. The minimum absolute atomic E-state index is 0.287. The van der Waals surface area contributed by atoms with Gasteiger partial charge in [-0.2, -0.15) is 0 Å². The van der Waals surface area contributed by atoms with E-state index in [0.717, 1.165) is 28.7 Å². The summed E-state index contributed by atoms with van der Waals surface area (Å²) in [6.45, 7) is 3.37. The molecule has 1 unspecified atom stereocenters. The van der Waals surface area contributed by atoms with Gasteiger partial charge in [0.1, 0.15) is 11.3 Å². The summed E-state index contributed by atoms with van der Waals surface area (Å²) in [6.07, 6.45) is 1.97. The van der Waals surface area contributed by atoms with E-state index >= 15 is 0 Å². The van der Waals surface area contributed by atoms with E-state index in [-0.39, 0.29) is 12.3 Å². The predicted octanol–water partition coefficient (Wildman–Crippen LogP) is 4.04. The van der Waals surface area contributed by atoms with Gasteiger partial charge in [-0.15, -0.1) is 0 Å². The lowest BCUT2D eigenvalue weighted by molar-refractivity contribution is -0.131. The van der Waals surface area contributed by atoms with Crippen molar-refractivity contribution in [2.75, 3.05) is 6.54 Å². The SMILES string of the molecule is CCCc1ccc(C(=O)CN2C(=O)NC(C)(c3cc4ccccc4o3)C2=O)cc1. The molecule has 6 heteroatoms. The smallest absolute Gasteiger partial charge is 0.325 e. The van der Waals surface area contributed by atoms with E-state index in [9.17, 15) is 14.4 Å². The number of carbonyl (C=O) groups is 3. The average molecular weight is 390 g/mol. The van der Waals surface area contributed by atoms with Crippen LogP contribution in [0.2, 0.25) is 0 Å². The van der Waals surface area contributed by atoms with Crippen molar-refractivity contribution in [1.82, 2.24) is 10.2 Å². The van der Waals surface area contributed by atoms with Gasteiger partial charge in [0.25, 0.3) is 5.91 Å². The zero-order valence-corrected chi connectivity index (χ0v) is 16.4. The van der Waals surface area contributed by atoms with Crippen LogP contribution >= 0.6 is 0 Å². The van der Waals surface area contributed by atoms with Gasteiger partial charge in [0.15, 0.2) is 11.3 Å². The van der Waals surface area contributed by atoms with E-state index < -0.39 is 17.5 Å². The quantitative estimate of drug-likeness (QED) is 0.509. The lowest BCUT2D eigenvalue weighted by atomic mass is 9.98. The highest BCUT2D eigenvalue weighted by molar-refractivity contribution is 6.11. The number of rotatable bonds is 6. The van der Waals surface area contributed by atoms with Crippen LogP contribution in [0, 0.1) is 0 Å². The van der Waals surface area contributed by atoms with Crippen molar-refractivity contribution in [3.05, 3.63) is 71.5 Å². The van der Waals surface area contributed by atoms with Crippen molar-refractivity contribution in [2.45, 2.75) is 32.2 Å². The van der Waals surface area contributed by atoms with Crippen LogP contribution in [-0.2, 0) is 16.8 Å². The molecule has 2 heterocycles. The lowest BCUT2D eigenvalue weighted by Crippen LogP contribution is -2.41. The van der Waals surface area contributed by atoms with Crippen molar-refractivity contribution in [2.24, 2.45) is 0 Å². The number of ketones is 1. The number of hydrogen-bond acceptors (Lipinski definition) is 4. The molecule has 1 aliphatic heterocycles. The molecule has 0 aliphatic carbocycles. The fraction of sp³-hybridized carbons (Fsp3) is 0.261. The number of urea groups is 1. The number of furan rings is 1. The van der Waals surface area contributed by atoms with Gasteiger partial charge in [0.2, 0.25) is 0 Å². The largest absolute Gasteiger partial charge is 0.458 e. The number of imide groups is 1. The van der Waals surface area contributed by atoms with Crippen LogP contribution < -0.4 is 5.32 Å². The van der Waals surface area contributed by atoms with Crippen LogP contribution in [0.25, 0.3) is 11.0 Å². The molecule has 29 heavy (non-hydrogen) atoms. The van der Waals surface area contributed by atoms with E-state index in [1.165, 1.54) is 0 Å². The second-order valence-electron chi connectivity index (χ2n) is 7.47. The second kappa shape index (κ2) is 7.20. The molecule has 1 saturated heterocycles. The summed E-state index contributed by atoms with van der Waals surface area (Å²) in [6, 6.07) is 15.8. The maximum atomic E-state index is 13.1. The van der Waals surface area contributed by atoms with Gasteiger partial charge >= 0.3 is 6.03 Å². The molecule has 0 spiro atoms. The highest BCUT2D eigenvalue weighted by Gasteiger charge is 2.51. The van der Waals surface area contributed by atoms with Crippen LogP contribution in [-0.4, -0.2) is 29.2 Å². The Morgan fingerprint density at radius 1 is 1.10 bits per heavy atom. The van der Waals surface area contributed by atoms with E-state index in [4.69, 9.17) is 4.42 Å². The summed E-state index contributed by atoms with van der Waals surface area (Å²) in [5.41, 5.74) is 0.910. The molecule has 0 radical (unpaired) electrons. The van der Waals surface area contributed by atoms with Gasteiger partial charge in [-0.25, -0.2) is 4.79 Å². The third-order valence-electron chi connectivity index (χ3n) is 5.31. The third kappa shape index (κ3) is 3.31. The van der Waals surface area contributed by atoms with Gasteiger partial charge in [-0.1, -0.05) is 55.8 Å². The Morgan fingerprint density at radius 3 is 2.52 bits per heavy atom. The van der Waals surface area contributed by atoms with Gasteiger partial charge < -0.3 is 9.73 Å². The average Bonchev–Trinajstić information content (AvgIpc) is 3.25. The third-order valence-corrected chi connectivity index (χ3v) is 5.31. The molecule has 3 amide bonds. The fourth-order valence-electron chi connectivity index (χ4n) is 3.62. The van der Waals surface area contributed by atoms with Gasteiger partial charge in [-0.3, -0.25) is 14.5 Å². The molecule has 0 saturated carbocycles. The molecule has 1 fully saturated rings. The normalized spacial score (nSPS) is 19.0. The van der Waals surface area contributed by atoms with Crippen LogP contribution in [0.3, 0.4) is 0 Å². The van der Waals surface area contributed by atoms with Crippen LogP contribution in [0.4, 0.5) is 4.79 Å². The summed E-state index contributed by atoms with van der Waals surface area (Å²) in [5, 5.41) is 3.52. The topological polar surface area (TPSA) is 79.6 Å². The first-order valence-electron chi connectivity index (χ1n) is 9.67. The molecule has 148 valence electrons. The van der Waals surface area contributed by atoms with Gasteiger partial charge in [-0.05, 0) is 31.0 Å². The van der Waals surface area contributed by atoms with E-state index in [0.29, 0.717) is 16.9 Å². The summed E-state index contributed by atoms with van der Waals surface area (Å²) in [4.78, 5) is 39.2. The monoisotopic (exact) mass is 390 g/mol. The number of nitrogens with one attached hydrogen (secondary N) is 1. The first kappa shape index (κ1) is 18.9. The van der Waals surface area contributed by atoms with Gasteiger partial charge in [0.05, 0.1) is 6.54 Å². The number of amides is 3. The zero-order chi connectivity index (χ0) is 20.6. The summed E-state index contributed by atoms with van der Waals surface area (Å²) >= 11 is 0. The molecule has 1 N–H and O–H groups in total. The highest BCUT2D eigenvalue weighted by atomic mass is 16.3. The number of Topliss-reactive ketones (excluding diaryl/α,β-unsaturated/α-hetero) is 1. The van der Waals surface area contributed by atoms with E-state index in [1.54, 1.807) is 31.2 Å². The minimum atomic E-state index is -1.35. The molecule has 4 rings (SSSR count). The maximum absolute atomic E-state index is 13.1. The number of benzene rings is 2. The van der Waals surface area contributed by atoms with Crippen molar-refractivity contribution in [3.8, 4) is 0 Å². The Balaban J connectivity index is 1.55. The molecule has 1 atom stereocenters. The minimum Gasteiger partial charge on any atom is -0.458 e. The number of aryl methyl sites for hydroxylation is 1. The molecule has 1 aromatic heterocycles. The Kier molecular flexibility index (Phi) is 4.70. The number of fused-ring (bicyclic) bond motifs is 1. The van der Waals surface area contributed by atoms with Crippen molar-refractivity contribution in [1.29, 1.82) is 0 Å². The summed E-state index contributed by atoms with van der Waals surface area (Å²) in [5.74, 6) is -0.446. The molecule has 2 aromatic carbocycles.